The molecule has 1 fully saturated rings. The molecule has 0 saturated carbocycles. The summed E-state index contributed by atoms with van der Waals surface area (Å²) in [5.74, 6) is -0.756. The molecule has 0 spiro atoms. The van der Waals surface area contributed by atoms with E-state index in [0.29, 0.717) is 10.9 Å². The number of benzene rings is 2. The van der Waals surface area contributed by atoms with Gasteiger partial charge in [-0.05, 0) is 30.3 Å². The fourth-order valence-corrected chi connectivity index (χ4v) is 7.23. The number of para-hydroxylation sites is 1. The second-order valence-electron chi connectivity index (χ2n) is 6.81. The Balaban J connectivity index is 1.54. The third kappa shape index (κ3) is 4.57. The molecule has 4 rings (SSSR count). The highest BCUT2D eigenvalue weighted by Gasteiger charge is 2.44. The molecule has 2 atom stereocenters. The van der Waals surface area contributed by atoms with E-state index in [-0.39, 0.29) is 40.3 Å². The molecular formula is C19H17ClFN3O3S2. The van der Waals surface area contributed by atoms with E-state index in [1.165, 1.54) is 30.0 Å². The Hall–Kier alpha value is -2.10. The number of thioether (sulfide) groups is 1. The van der Waals surface area contributed by atoms with Gasteiger partial charge in [0.15, 0.2) is 15.0 Å². The van der Waals surface area contributed by atoms with Gasteiger partial charge < -0.3 is 10.2 Å². The first-order valence-corrected chi connectivity index (χ1v) is 11.9. The number of aliphatic imine (C=N–C) groups is 1. The van der Waals surface area contributed by atoms with Gasteiger partial charge in [-0.3, -0.25) is 9.79 Å². The van der Waals surface area contributed by atoms with Gasteiger partial charge >= 0.3 is 0 Å². The highest BCUT2D eigenvalue weighted by atomic mass is 35.5. The van der Waals surface area contributed by atoms with Crippen LogP contribution in [0.25, 0.3) is 0 Å². The van der Waals surface area contributed by atoms with E-state index in [4.69, 9.17) is 11.6 Å². The van der Waals surface area contributed by atoms with Gasteiger partial charge in [0.05, 0.1) is 22.6 Å². The van der Waals surface area contributed by atoms with E-state index in [1.807, 2.05) is 30.3 Å². The number of fused-ring (bicyclic) bond motifs is 1. The van der Waals surface area contributed by atoms with E-state index in [2.05, 4.69) is 10.3 Å². The number of carbonyl (C=O) groups is 1. The van der Waals surface area contributed by atoms with Gasteiger partial charge in [-0.2, -0.15) is 0 Å². The van der Waals surface area contributed by atoms with Crippen LogP contribution in [0.4, 0.5) is 15.8 Å². The fraction of sp³-hybridized carbons (Fsp3) is 0.263. The van der Waals surface area contributed by atoms with Gasteiger partial charge in [-0.25, -0.2) is 12.8 Å². The molecule has 1 saturated heterocycles. The van der Waals surface area contributed by atoms with Gasteiger partial charge in [0.2, 0.25) is 5.91 Å². The molecule has 1 amide bonds. The lowest BCUT2D eigenvalue weighted by molar-refractivity contribution is -0.114. The standard InChI is InChI=1S/C19H17ClFN3O3S2/c20-14-8-12(6-7-15(14)21)22-18(25)9-24(13-4-2-1-3-5-13)19-23-16-10-29(26,27)11-17(16)28-19/h1-8,16-17H,9-11H2,(H,22,25)/t16-,17+/m0/s1. The summed E-state index contributed by atoms with van der Waals surface area (Å²) < 4.78 is 37.0. The molecule has 29 heavy (non-hydrogen) atoms. The van der Waals surface area contributed by atoms with Gasteiger partial charge in [0, 0.05) is 16.6 Å². The first-order chi connectivity index (χ1) is 13.8. The van der Waals surface area contributed by atoms with E-state index < -0.39 is 15.7 Å². The lowest BCUT2D eigenvalue weighted by Crippen LogP contribution is -2.36. The second kappa shape index (κ2) is 7.97. The Bertz CT molecular complexity index is 1080. The molecule has 1 N–H and O–H groups in total. The molecular weight excluding hydrogens is 437 g/mol. The first-order valence-electron chi connectivity index (χ1n) is 8.83. The number of amides is 1. The van der Waals surface area contributed by atoms with Crippen LogP contribution >= 0.6 is 23.4 Å². The molecule has 2 aromatic carbocycles. The minimum atomic E-state index is -3.06. The molecule has 2 aromatic rings. The van der Waals surface area contributed by atoms with Crippen molar-refractivity contribution in [1.29, 1.82) is 0 Å². The molecule has 0 bridgehead atoms. The zero-order valence-corrected chi connectivity index (χ0v) is 17.5. The SMILES string of the molecule is O=C(CN(C1=N[C@H]2CS(=O)(=O)C[C@H]2S1)c1ccccc1)Nc1ccc(F)c(Cl)c1. The number of rotatable bonds is 4. The maximum absolute atomic E-state index is 13.3. The molecule has 2 aliphatic heterocycles. The number of nitrogens with zero attached hydrogens (tertiary/aromatic N) is 2. The summed E-state index contributed by atoms with van der Waals surface area (Å²) >= 11 is 7.16. The third-order valence-corrected chi connectivity index (χ3v) is 8.15. The molecule has 0 aromatic heterocycles. The average molecular weight is 454 g/mol. The summed E-state index contributed by atoms with van der Waals surface area (Å²) in [5, 5.41) is 3.12. The predicted molar refractivity (Wildman–Crippen MR) is 115 cm³/mol. The third-order valence-electron chi connectivity index (χ3n) is 4.61. The number of hydrogen-bond donors (Lipinski definition) is 1. The topological polar surface area (TPSA) is 78.8 Å². The molecule has 10 heteroatoms. The summed E-state index contributed by atoms with van der Waals surface area (Å²) in [4.78, 5) is 19.0. The second-order valence-corrected chi connectivity index (χ2v) is 10.6. The van der Waals surface area contributed by atoms with Crippen LogP contribution in [0.3, 0.4) is 0 Å². The Morgan fingerprint density at radius 1 is 1.24 bits per heavy atom. The Labute approximate surface area is 177 Å². The van der Waals surface area contributed by atoms with Crippen molar-refractivity contribution < 1.29 is 17.6 Å². The number of halogens is 2. The molecule has 152 valence electrons. The minimum absolute atomic E-state index is 0.0307. The van der Waals surface area contributed by atoms with Crippen molar-refractivity contribution >= 4 is 55.6 Å². The maximum atomic E-state index is 13.3. The number of hydrogen-bond acceptors (Lipinski definition) is 6. The van der Waals surface area contributed by atoms with Crippen molar-refractivity contribution in [1.82, 2.24) is 0 Å². The molecule has 2 heterocycles. The number of amidine groups is 1. The van der Waals surface area contributed by atoms with E-state index >= 15 is 0 Å². The zero-order valence-electron chi connectivity index (χ0n) is 15.1. The van der Waals surface area contributed by atoms with Crippen LogP contribution in [0, 0.1) is 5.82 Å². The first kappa shape index (κ1) is 20.2. The zero-order chi connectivity index (χ0) is 20.6. The van der Waals surface area contributed by atoms with Crippen molar-refractivity contribution in [2.75, 3.05) is 28.3 Å². The summed E-state index contributed by atoms with van der Waals surface area (Å²) in [6.07, 6.45) is 0. The van der Waals surface area contributed by atoms with Gasteiger partial charge in [0.25, 0.3) is 0 Å². The van der Waals surface area contributed by atoms with E-state index in [9.17, 15) is 17.6 Å². The summed E-state index contributed by atoms with van der Waals surface area (Å²) in [6.45, 7) is -0.0307. The van der Waals surface area contributed by atoms with Gasteiger partial charge in [-0.15, -0.1) is 0 Å². The Kier molecular flexibility index (Phi) is 5.54. The average Bonchev–Trinajstić information content (AvgIpc) is 3.17. The van der Waals surface area contributed by atoms with Crippen molar-refractivity contribution in [2.24, 2.45) is 4.99 Å². The van der Waals surface area contributed by atoms with Gasteiger partial charge in [0.1, 0.15) is 12.4 Å². The minimum Gasteiger partial charge on any atom is -0.324 e. The van der Waals surface area contributed by atoms with Gasteiger partial charge in [-0.1, -0.05) is 41.6 Å². The van der Waals surface area contributed by atoms with E-state index in [0.717, 1.165) is 5.69 Å². The van der Waals surface area contributed by atoms with Crippen molar-refractivity contribution in [3.63, 3.8) is 0 Å². The van der Waals surface area contributed by atoms with Crippen molar-refractivity contribution in [3.05, 3.63) is 59.4 Å². The summed E-state index contributed by atoms with van der Waals surface area (Å²) in [7, 11) is -3.06. The predicted octanol–water partition coefficient (Wildman–Crippen LogP) is 3.19. The normalized spacial score (nSPS) is 22.1. The van der Waals surface area contributed by atoms with Crippen LogP contribution in [-0.4, -0.2) is 48.8 Å². The lowest BCUT2D eigenvalue weighted by atomic mass is 10.2. The van der Waals surface area contributed by atoms with Crippen LogP contribution in [-0.2, 0) is 14.6 Å². The highest BCUT2D eigenvalue weighted by Crippen LogP contribution is 2.36. The van der Waals surface area contributed by atoms with Crippen LogP contribution in [0.2, 0.25) is 5.02 Å². The van der Waals surface area contributed by atoms with Crippen LogP contribution in [0.15, 0.2) is 53.5 Å². The quantitative estimate of drug-likeness (QED) is 0.769. The molecule has 0 aliphatic carbocycles. The van der Waals surface area contributed by atoms with E-state index in [1.54, 1.807) is 4.90 Å². The van der Waals surface area contributed by atoms with Crippen LogP contribution < -0.4 is 10.2 Å². The smallest absolute Gasteiger partial charge is 0.244 e. The lowest BCUT2D eigenvalue weighted by Gasteiger charge is -2.24. The number of anilines is 2. The maximum Gasteiger partial charge on any atom is 0.244 e. The fourth-order valence-electron chi connectivity index (χ4n) is 3.27. The van der Waals surface area contributed by atoms with Crippen molar-refractivity contribution in [2.45, 2.75) is 11.3 Å². The number of nitrogens with one attached hydrogen (secondary N) is 1. The largest absolute Gasteiger partial charge is 0.324 e. The summed E-state index contributed by atoms with van der Waals surface area (Å²) in [6, 6.07) is 13.0. The van der Waals surface area contributed by atoms with Crippen LogP contribution in [0.5, 0.6) is 0 Å². The molecule has 0 unspecified atom stereocenters. The summed E-state index contributed by atoms with van der Waals surface area (Å²) in [5.41, 5.74) is 1.16. The molecule has 6 nitrogen and oxygen atoms in total. The van der Waals surface area contributed by atoms with Crippen LogP contribution in [0.1, 0.15) is 0 Å². The monoisotopic (exact) mass is 453 g/mol. The number of carbonyl (C=O) groups excluding carboxylic acids is 1. The Morgan fingerprint density at radius 2 is 2.00 bits per heavy atom. The number of sulfone groups is 1. The molecule has 0 radical (unpaired) electrons. The Morgan fingerprint density at radius 3 is 2.69 bits per heavy atom. The highest BCUT2D eigenvalue weighted by molar-refractivity contribution is 8.15. The molecule has 2 aliphatic rings. The van der Waals surface area contributed by atoms with Crippen molar-refractivity contribution in [3.8, 4) is 0 Å².